The van der Waals surface area contributed by atoms with Gasteiger partial charge < -0.3 is 15.4 Å². The lowest BCUT2D eigenvalue weighted by Gasteiger charge is -2.18. The van der Waals surface area contributed by atoms with Gasteiger partial charge in [0.1, 0.15) is 11.9 Å². The molecule has 1 aromatic heterocycles. The molecule has 6 heteroatoms. The summed E-state index contributed by atoms with van der Waals surface area (Å²) in [5.74, 6) is 0.809. The summed E-state index contributed by atoms with van der Waals surface area (Å²) in [5, 5.41) is 10.1. The molecule has 24 heavy (non-hydrogen) atoms. The van der Waals surface area contributed by atoms with Crippen molar-refractivity contribution in [3.63, 3.8) is 0 Å². The molecule has 0 radical (unpaired) electrons. The normalized spacial score (nSPS) is 13.2. The van der Waals surface area contributed by atoms with Crippen LogP contribution in [0.2, 0.25) is 0 Å². The summed E-state index contributed by atoms with van der Waals surface area (Å²) in [4.78, 5) is 12.1. The molecule has 0 unspecified atom stereocenters. The second-order valence-electron chi connectivity index (χ2n) is 6.16. The van der Waals surface area contributed by atoms with Gasteiger partial charge in [-0.25, -0.2) is 4.79 Å². The SMILES string of the molecule is Cc1cccc(O[C@@H](C)CNC(=O)N[C@@H](C)c2cn(C)nc2C)c1. The number of carbonyl (C=O) groups is 1. The molecule has 2 N–H and O–H groups in total. The second-order valence-corrected chi connectivity index (χ2v) is 6.16. The number of urea groups is 1. The van der Waals surface area contributed by atoms with E-state index in [0.29, 0.717) is 6.54 Å². The summed E-state index contributed by atoms with van der Waals surface area (Å²) < 4.78 is 7.55. The zero-order valence-electron chi connectivity index (χ0n) is 15.0. The van der Waals surface area contributed by atoms with Crippen LogP contribution in [0.5, 0.6) is 5.75 Å². The van der Waals surface area contributed by atoms with Gasteiger partial charge in [0.25, 0.3) is 0 Å². The van der Waals surface area contributed by atoms with Crippen molar-refractivity contribution >= 4 is 6.03 Å². The zero-order chi connectivity index (χ0) is 17.7. The summed E-state index contributed by atoms with van der Waals surface area (Å²) in [7, 11) is 1.87. The number of hydrogen-bond donors (Lipinski definition) is 2. The summed E-state index contributed by atoms with van der Waals surface area (Å²) >= 11 is 0. The van der Waals surface area contributed by atoms with Gasteiger partial charge in [-0.3, -0.25) is 4.68 Å². The average molecular weight is 330 g/mol. The quantitative estimate of drug-likeness (QED) is 0.856. The summed E-state index contributed by atoms with van der Waals surface area (Å²) in [6.07, 6.45) is 1.80. The lowest BCUT2D eigenvalue weighted by Crippen LogP contribution is -2.41. The number of aryl methyl sites for hydroxylation is 3. The van der Waals surface area contributed by atoms with E-state index in [4.69, 9.17) is 4.74 Å². The predicted octanol–water partition coefficient (Wildman–Crippen LogP) is 2.86. The first kappa shape index (κ1) is 17.8. The lowest BCUT2D eigenvalue weighted by molar-refractivity contribution is 0.206. The first-order chi connectivity index (χ1) is 11.3. The van der Waals surface area contributed by atoms with Crippen molar-refractivity contribution in [2.45, 2.75) is 39.8 Å². The molecule has 0 saturated carbocycles. The predicted molar refractivity (Wildman–Crippen MR) is 94.2 cm³/mol. The lowest BCUT2D eigenvalue weighted by atomic mass is 10.1. The molecular formula is C18H26N4O2. The number of hydrogen-bond acceptors (Lipinski definition) is 3. The van der Waals surface area contributed by atoms with Gasteiger partial charge in [0, 0.05) is 18.8 Å². The fraction of sp³-hybridized carbons (Fsp3) is 0.444. The van der Waals surface area contributed by atoms with Crippen molar-refractivity contribution in [2.75, 3.05) is 6.54 Å². The van der Waals surface area contributed by atoms with E-state index in [-0.39, 0.29) is 18.2 Å². The molecule has 2 rings (SSSR count). The smallest absolute Gasteiger partial charge is 0.315 e. The molecule has 0 spiro atoms. The molecule has 1 aromatic carbocycles. The molecule has 0 fully saturated rings. The highest BCUT2D eigenvalue weighted by Crippen LogP contribution is 2.15. The molecule has 2 atom stereocenters. The molecular weight excluding hydrogens is 304 g/mol. The van der Waals surface area contributed by atoms with Crippen LogP contribution in [0.4, 0.5) is 4.79 Å². The van der Waals surface area contributed by atoms with E-state index < -0.39 is 0 Å². The zero-order valence-corrected chi connectivity index (χ0v) is 15.0. The Morgan fingerprint density at radius 3 is 2.71 bits per heavy atom. The minimum Gasteiger partial charge on any atom is -0.489 e. The van der Waals surface area contributed by atoms with E-state index in [1.165, 1.54) is 0 Å². The van der Waals surface area contributed by atoms with E-state index in [1.54, 1.807) is 4.68 Å². The highest BCUT2D eigenvalue weighted by atomic mass is 16.5. The number of aromatic nitrogens is 2. The van der Waals surface area contributed by atoms with Gasteiger partial charge in [0.2, 0.25) is 0 Å². The third-order valence-electron chi connectivity index (χ3n) is 3.74. The number of carbonyl (C=O) groups excluding carboxylic acids is 1. The third kappa shape index (κ3) is 5.01. The minimum absolute atomic E-state index is 0.105. The summed E-state index contributed by atoms with van der Waals surface area (Å²) in [6, 6.07) is 7.54. The standard InChI is InChI=1S/C18H26N4O2/c1-12-7-6-8-16(9-12)24-13(2)10-19-18(23)20-14(3)17-11-22(5)21-15(17)4/h6-9,11,13-14H,10H2,1-5H3,(H2,19,20,23)/t13-,14-/m0/s1. The highest BCUT2D eigenvalue weighted by Gasteiger charge is 2.15. The van der Waals surface area contributed by atoms with Crippen LogP contribution < -0.4 is 15.4 Å². The maximum Gasteiger partial charge on any atom is 0.315 e. The number of amides is 2. The van der Waals surface area contributed by atoms with Crippen LogP contribution in [0.3, 0.4) is 0 Å². The number of rotatable bonds is 6. The summed E-state index contributed by atoms with van der Waals surface area (Å²) in [6.45, 7) is 8.25. The van der Waals surface area contributed by atoms with Gasteiger partial charge in [-0.05, 0) is 45.4 Å². The number of nitrogens with zero attached hydrogens (tertiary/aromatic N) is 2. The van der Waals surface area contributed by atoms with Crippen LogP contribution in [0.15, 0.2) is 30.5 Å². The Morgan fingerprint density at radius 1 is 1.33 bits per heavy atom. The molecule has 0 aliphatic carbocycles. The Balaban J connectivity index is 1.79. The second kappa shape index (κ2) is 7.86. The fourth-order valence-electron chi connectivity index (χ4n) is 2.57. The Labute approximate surface area is 143 Å². The minimum atomic E-state index is -0.217. The molecule has 130 valence electrons. The van der Waals surface area contributed by atoms with Gasteiger partial charge in [-0.15, -0.1) is 0 Å². The van der Waals surface area contributed by atoms with Crippen molar-refractivity contribution in [1.29, 1.82) is 0 Å². The van der Waals surface area contributed by atoms with Gasteiger partial charge in [0.15, 0.2) is 0 Å². The van der Waals surface area contributed by atoms with Crippen LogP contribution in [0, 0.1) is 13.8 Å². The largest absolute Gasteiger partial charge is 0.489 e. The molecule has 6 nitrogen and oxygen atoms in total. The Hall–Kier alpha value is -2.50. The van der Waals surface area contributed by atoms with Crippen molar-refractivity contribution in [3.8, 4) is 5.75 Å². The van der Waals surface area contributed by atoms with Crippen LogP contribution in [0.25, 0.3) is 0 Å². The highest BCUT2D eigenvalue weighted by molar-refractivity contribution is 5.74. The van der Waals surface area contributed by atoms with Crippen molar-refractivity contribution in [2.24, 2.45) is 7.05 Å². The van der Waals surface area contributed by atoms with Gasteiger partial charge in [-0.1, -0.05) is 12.1 Å². The topological polar surface area (TPSA) is 68.2 Å². The van der Waals surface area contributed by atoms with Crippen molar-refractivity contribution < 1.29 is 9.53 Å². The van der Waals surface area contributed by atoms with Crippen molar-refractivity contribution in [3.05, 3.63) is 47.3 Å². The molecule has 2 amide bonds. The Kier molecular flexibility index (Phi) is 5.84. The molecule has 1 heterocycles. The first-order valence-electron chi connectivity index (χ1n) is 8.13. The summed E-state index contributed by atoms with van der Waals surface area (Å²) in [5.41, 5.74) is 3.07. The van der Waals surface area contributed by atoms with E-state index in [1.807, 2.05) is 65.2 Å². The third-order valence-corrected chi connectivity index (χ3v) is 3.74. The Morgan fingerprint density at radius 2 is 2.08 bits per heavy atom. The molecule has 0 aliphatic rings. The fourth-order valence-corrected chi connectivity index (χ4v) is 2.57. The maximum atomic E-state index is 12.1. The number of ether oxygens (including phenoxy) is 1. The molecule has 2 aromatic rings. The van der Waals surface area contributed by atoms with Gasteiger partial charge in [-0.2, -0.15) is 5.10 Å². The van der Waals surface area contributed by atoms with Crippen LogP contribution in [0.1, 0.15) is 36.7 Å². The van der Waals surface area contributed by atoms with Crippen molar-refractivity contribution in [1.82, 2.24) is 20.4 Å². The maximum absolute atomic E-state index is 12.1. The van der Waals surface area contributed by atoms with E-state index >= 15 is 0 Å². The van der Waals surface area contributed by atoms with E-state index in [0.717, 1.165) is 22.6 Å². The Bertz CT molecular complexity index is 696. The molecule has 0 aliphatic heterocycles. The monoisotopic (exact) mass is 330 g/mol. The van der Waals surface area contributed by atoms with Crippen LogP contribution in [-0.4, -0.2) is 28.5 Å². The van der Waals surface area contributed by atoms with Crippen LogP contribution in [-0.2, 0) is 7.05 Å². The van der Waals surface area contributed by atoms with Crippen LogP contribution >= 0.6 is 0 Å². The van der Waals surface area contributed by atoms with Gasteiger partial charge in [0.05, 0.1) is 18.3 Å². The van der Waals surface area contributed by atoms with E-state index in [9.17, 15) is 4.79 Å². The number of nitrogens with one attached hydrogen (secondary N) is 2. The van der Waals surface area contributed by atoms with E-state index in [2.05, 4.69) is 15.7 Å². The molecule has 0 bridgehead atoms. The average Bonchev–Trinajstić information content (AvgIpc) is 2.84. The number of benzene rings is 1. The first-order valence-corrected chi connectivity index (χ1v) is 8.13. The van der Waals surface area contributed by atoms with Gasteiger partial charge >= 0.3 is 6.03 Å². The molecule has 0 saturated heterocycles.